The molecule has 0 atom stereocenters. The first-order valence-electron chi connectivity index (χ1n) is 18.8. The second-order valence-corrected chi connectivity index (χ2v) is 14.5. The SMILES string of the molecule is c1ccc(N(c2ccc3ccccc3c2)c2ccc3c(c2)oc2cc4c(cc23)Oc2cccc3c2B4c2c(ccc4ccccc24)N3c2ccccc2)cc1. The predicted molar refractivity (Wildman–Crippen MR) is 229 cm³/mol. The van der Waals surface area contributed by atoms with E-state index in [4.69, 9.17) is 9.15 Å². The fraction of sp³-hybridized carbons (Fsp3) is 0. The summed E-state index contributed by atoms with van der Waals surface area (Å²) in [6.07, 6.45) is 0. The molecule has 0 spiro atoms. The van der Waals surface area contributed by atoms with Gasteiger partial charge in [0.25, 0.3) is 6.71 Å². The van der Waals surface area contributed by atoms with Crippen molar-refractivity contribution < 1.29 is 9.15 Å². The zero-order chi connectivity index (χ0) is 36.0. The monoisotopic (exact) mass is 702 g/mol. The summed E-state index contributed by atoms with van der Waals surface area (Å²) in [7, 11) is 0. The molecule has 55 heavy (non-hydrogen) atoms. The van der Waals surface area contributed by atoms with Crippen molar-refractivity contribution in [3.8, 4) is 11.5 Å². The zero-order valence-electron chi connectivity index (χ0n) is 29.7. The van der Waals surface area contributed by atoms with E-state index in [2.05, 4.69) is 198 Å². The highest BCUT2D eigenvalue weighted by atomic mass is 16.5. The Kier molecular flexibility index (Phi) is 6.40. The van der Waals surface area contributed by atoms with Gasteiger partial charge >= 0.3 is 0 Å². The van der Waals surface area contributed by atoms with E-state index in [-0.39, 0.29) is 6.71 Å². The number of ether oxygens (including phenoxy) is 1. The van der Waals surface area contributed by atoms with Crippen LogP contribution < -0.4 is 30.9 Å². The molecule has 0 fully saturated rings. The Hall–Kier alpha value is -7.24. The normalized spacial score (nSPS) is 12.8. The van der Waals surface area contributed by atoms with Crippen molar-refractivity contribution in [2.24, 2.45) is 0 Å². The number of furan rings is 1. The summed E-state index contributed by atoms with van der Waals surface area (Å²) in [5, 5.41) is 6.97. The molecule has 5 heteroatoms. The van der Waals surface area contributed by atoms with Crippen LogP contribution in [-0.2, 0) is 0 Å². The van der Waals surface area contributed by atoms with Gasteiger partial charge in [-0.3, -0.25) is 0 Å². The standard InChI is InChI=1S/C50H31BN2O2/c1-3-15-35(16-4-1)52(37-24-22-32-12-7-8-14-34(32)28-37)38-25-26-40-41-30-48-42(31-47(41)55-46(40)29-38)51-49-39-19-10-9-13-33(39)23-27-44(49)53(36-17-5-2-6-18-36)43-20-11-21-45(54-48)50(43)51/h1-31H. The highest BCUT2D eigenvalue weighted by Gasteiger charge is 2.43. The van der Waals surface area contributed by atoms with Crippen molar-refractivity contribution in [3.05, 3.63) is 188 Å². The van der Waals surface area contributed by atoms with Crippen LogP contribution in [0.4, 0.5) is 34.1 Å². The summed E-state index contributed by atoms with van der Waals surface area (Å²) < 4.78 is 13.8. The third-order valence-corrected chi connectivity index (χ3v) is 11.4. The highest BCUT2D eigenvalue weighted by molar-refractivity contribution is 7.00. The maximum Gasteiger partial charge on any atom is 0.257 e. The van der Waals surface area contributed by atoms with Gasteiger partial charge < -0.3 is 19.0 Å². The van der Waals surface area contributed by atoms with Crippen LogP contribution in [-0.4, -0.2) is 6.71 Å². The maximum absolute atomic E-state index is 6.90. The van der Waals surface area contributed by atoms with Crippen LogP contribution in [0.1, 0.15) is 0 Å². The minimum absolute atomic E-state index is 0.0503. The Morgan fingerprint density at radius 1 is 0.418 bits per heavy atom. The molecule has 3 heterocycles. The van der Waals surface area contributed by atoms with E-state index in [9.17, 15) is 0 Å². The summed E-state index contributed by atoms with van der Waals surface area (Å²) in [6, 6.07) is 67.0. The topological polar surface area (TPSA) is 28.9 Å². The molecular formula is C50H31BN2O2. The van der Waals surface area contributed by atoms with Crippen LogP contribution in [0.2, 0.25) is 0 Å². The molecule has 4 nitrogen and oxygen atoms in total. The minimum atomic E-state index is -0.0503. The summed E-state index contributed by atoms with van der Waals surface area (Å²) in [4.78, 5) is 4.69. The van der Waals surface area contributed by atoms with Gasteiger partial charge in [-0.05, 0) is 117 Å². The lowest BCUT2D eigenvalue weighted by Crippen LogP contribution is -2.59. The third-order valence-electron chi connectivity index (χ3n) is 11.4. The van der Waals surface area contributed by atoms with Gasteiger partial charge in [-0.1, -0.05) is 103 Å². The Morgan fingerprint density at radius 3 is 1.98 bits per heavy atom. The Labute approximate surface area is 318 Å². The maximum atomic E-state index is 6.90. The van der Waals surface area contributed by atoms with Gasteiger partial charge in [-0.15, -0.1) is 0 Å². The number of anilines is 6. The molecule has 9 aromatic carbocycles. The van der Waals surface area contributed by atoms with Gasteiger partial charge in [-0.2, -0.15) is 0 Å². The molecule has 2 aliphatic heterocycles. The van der Waals surface area contributed by atoms with Crippen molar-refractivity contribution in [2.45, 2.75) is 0 Å². The zero-order valence-corrected chi connectivity index (χ0v) is 29.7. The fourth-order valence-electron chi connectivity index (χ4n) is 9.05. The van der Waals surface area contributed by atoms with Crippen LogP contribution in [0, 0.1) is 0 Å². The van der Waals surface area contributed by atoms with Gasteiger partial charge in [0.15, 0.2) is 0 Å². The lowest BCUT2D eigenvalue weighted by Gasteiger charge is -2.40. The number of para-hydroxylation sites is 2. The first-order chi connectivity index (χ1) is 27.3. The third kappa shape index (κ3) is 4.53. The van der Waals surface area contributed by atoms with E-state index in [1.54, 1.807) is 0 Å². The Balaban J connectivity index is 1.06. The summed E-state index contributed by atoms with van der Waals surface area (Å²) >= 11 is 0. The van der Waals surface area contributed by atoms with E-state index >= 15 is 0 Å². The number of nitrogens with zero attached hydrogens (tertiary/aromatic N) is 2. The second-order valence-electron chi connectivity index (χ2n) is 14.5. The summed E-state index contributed by atoms with van der Waals surface area (Å²) in [5.41, 5.74) is 11.9. The quantitative estimate of drug-likeness (QED) is 0.171. The number of rotatable bonds is 4. The molecule has 10 aromatic rings. The molecule has 0 aliphatic carbocycles. The average molecular weight is 703 g/mol. The molecule has 256 valence electrons. The largest absolute Gasteiger partial charge is 0.458 e. The number of fused-ring (bicyclic) bond motifs is 10. The van der Waals surface area contributed by atoms with Gasteiger partial charge in [0.1, 0.15) is 22.7 Å². The molecule has 0 N–H and O–H groups in total. The van der Waals surface area contributed by atoms with Gasteiger partial charge in [-0.25, -0.2) is 0 Å². The molecule has 2 aliphatic rings. The van der Waals surface area contributed by atoms with Crippen molar-refractivity contribution >= 4 is 101 Å². The molecule has 0 saturated carbocycles. The number of benzene rings is 9. The van der Waals surface area contributed by atoms with Crippen LogP contribution in [0.15, 0.2) is 192 Å². The first-order valence-corrected chi connectivity index (χ1v) is 18.8. The van der Waals surface area contributed by atoms with Crippen LogP contribution >= 0.6 is 0 Å². The van der Waals surface area contributed by atoms with Crippen LogP contribution in [0.3, 0.4) is 0 Å². The van der Waals surface area contributed by atoms with Gasteiger partial charge in [0, 0.05) is 51.0 Å². The first kappa shape index (κ1) is 30.2. The van der Waals surface area contributed by atoms with E-state index < -0.39 is 0 Å². The van der Waals surface area contributed by atoms with Crippen molar-refractivity contribution in [2.75, 3.05) is 9.80 Å². The van der Waals surface area contributed by atoms with Gasteiger partial charge in [0.2, 0.25) is 0 Å². The van der Waals surface area contributed by atoms with Crippen molar-refractivity contribution in [1.29, 1.82) is 0 Å². The van der Waals surface area contributed by atoms with Crippen molar-refractivity contribution in [1.82, 2.24) is 0 Å². The molecule has 0 radical (unpaired) electrons. The van der Waals surface area contributed by atoms with E-state index in [1.807, 2.05) is 0 Å². The minimum Gasteiger partial charge on any atom is -0.458 e. The molecule has 1 aromatic heterocycles. The van der Waals surface area contributed by atoms with Crippen molar-refractivity contribution in [3.63, 3.8) is 0 Å². The number of hydrogen-bond donors (Lipinski definition) is 0. The molecule has 0 saturated heterocycles. The molecule has 0 unspecified atom stereocenters. The summed E-state index contributed by atoms with van der Waals surface area (Å²) in [5.74, 6) is 1.75. The average Bonchev–Trinajstić information content (AvgIpc) is 3.60. The van der Waals surface area contributed by atoms with Gasteiger partial charge in [0.05, 0.1) is 0 Å². The molecule has 0 amide bonds. The smallest absolute Gasteiger partial charge is 0.257 e. The molecule has 12 rings (SSSR count). The van der Waals surface area contributed by atoms with Crippen LogP contribution in [0.5, 0.6) is 11.5 Å². The predicted octanol–water partition coefficient (Wildman–Crippen LogP) is 11.8. The van der Waals surface area contributed by atoms with E-state index in [1.165, 1.54) is 38.2 Å². The Bertz CT molecular complexity index is 3160. The van der Waals surface area contributed by atoms with E-state index in [0.717, 1.165) is 67.3 Å². The lowest BCUT2D eigenvalue weighted by molar-refractivity contribution is 0.488. The summed E-state index contributed by atoms with van der Waals surface area (Å²) in [6.45, 7) is -0.0503. The van der Waals surface area contributed by atoms with Crippen LogP contribution in [0.25, 0.3) is 43.5 Å². The second kappa shape index (κ2) is 11.6. The molecular weight excluding hydrogens is 671 g/mol. The highest BCUT2D eigenvalue weighted by Crippen LogP contribution is 2.44. The fourth-order valence-corrected chi connectivity index (χ4v) is 9.05. The molecule has 0 bridgehead atoms. The van der Waals surface area contributed by atoms with E-state index in [0.29, 0.717) is 0 Å². The lowest BCUT2D eigenvalue weighted by atomic mass is 9.33. The Morgan fingerprint density at radius 2 is 1.11 bits per heavy atom. The number of hydrogen-bond acceptors (Lipinski definition) is 4.